The van der Waals surface area contributed by atoms with E-state index in [1.807, 2.05) is 4.90 Å². The maximum Gasteiger partial charge on any atom is 0.223 e. The standard InChI is InChI=1S/C22H34N4O2/c1-16-8-6-7-15-26(16)20(28)12-11-18(23-2)21-19(27)13-14-24-22(21)25-17-9-4-3-5-10-17/h13-14,16-17H,3-12,15H2,1-2H3,(H2,24,25,27). The first-order chi connectivity index (χ1) is 13.6. The number of carbonyl (C=O) groups excluding carboxylic acids is 1. The average Bonchev–Trinajstić information content (AvgIpc) is 2.71. The van der Waals surface area contributed by atoms with Gasteiger partial charge in [-0.2, -0.15) is 0 Å². The third-order valence-corrected chi connectivity index (χ3v) is 6.17. The highest BCUT2D eigenvalue weighted by atomic mass is 16.2. The molecule has 0 aromatic carbocycles. The number of aliphatic imine (C=N–C) groups is 1. The topological polar surface area (TPSA) is 77.6 Å². The highest BCUT2D eigenvalue weighted by Crippen LogP contribution is 2.23. The lowest BCUT2D eigenvalue weighted by Crippen LogP contribution is -2.42. The van der Waals surface area contributed by atoms with Crippen molar-refractivity contribution in [1.29, 1.82) is 0 Å². The summed E-state index contributed by atoms with van der Waals surface area (Å²) in [5.74, 6) is 0.918. The van der Waals surface area contributed by atoms with Crippen LogP contribution in [0.15, 0.2) is 22.1 Å². The second-order valence-corrected chi connectivity index (χ2v) is 8.17. The molecule has 0 spiro atoms. The smallest absolute Gasteiger partial charge is 0.223 e. The summed E-state index contributed by atoms with van der Waals surface area (Å²) in [5.41, 5.74) is 1.25. The SMILES string of the molecule is CN=C(CCC(=O)N1CCCCC1C)c1c(NC2CCCCC2)[nH]ccc1=O. The molecule has 1 aliphatic heterocycles. The molecule has 1 saturated carbocycles. The number of piperidine rings is 1. The third-order valence-electron chi connectivity index (χ3n) is 6.17. The Morgan fingerprint density at radius 1 is 1.18 bits per heavy atom. The summed E-state index contributed by atoms with van der Waals surface area (Å²) in [4.78, 5) is 35.0. The molecule has 1 atom stereocenters. The number of pyridine rings is 1. The number of H-pyrrole nitrogens is 1. The van der Waals surface area contributed by atoms with E-state index < -0.39 is 0 Å². The number of carbonyl (C=O) groups is 1. The number of aromatic amines is 1. The minimum absolute atomic E-state index is 0.0450. The lowest BCUT2D eigenvalue weighted by molar-refractivity contribution is -0.134. The van der Waals surface area contributed by atoms with E-state index in [-0.39, 0.29) is 11.3 Å². The fourth-order valence-corrected chi connectivity index (χ4v) is 4.52. The van der Waals surface area contributed by atoms with Crippen molar-refractivity contribution in [3.63, 3.8) is 0 Å². The number of amides is 1. The number of anilines is 1. The largest absolute Gasteiger partial charge is 0.368 e. The molecule has 154 valence electrons. The number of nitrogens with one attached hydrogen (secondary N) is 2. The monoisotopic (exact) mass is 386 g/mol. The van der Waals surface area contributed by atoms with Crippen molar-refractivity contribution < 1.29 is 4.79 Å². The van der Waals surface area contributed by atoms with Gasteiger partial charge in [-0.1, -0.05) is 19.3 Å². The summed E-state index contributed by atoms with van der Waals surface area (Å²) in [6.07, 6.45) is 11.9. The van der Waals surface area contributed by atoms with Crippen LogP contribution in [0.3, 0.4) is 0 Å². The Kier molecular flexibility index (Phi) is 7.29. The predicted octanol–water partition coefficient (Wildman–Crippen LogP) is 3.72. The van der Waals surface area contributed by atoms with Gasteiger partial charge < -0.3 is 15.2 Å². The maximum atomic E-state index is 12.7. The van der Waals surface area contributed by atoms with Crippen LogP contribution in [-0.4, -0.2) is 47.2 Å². The Hall–Kier alpha value is -2.11. The van der Waals surface area contributed by atoms with Crippen LogP contribution >= 0.6 is 0 Å². The summed E-state index contributed by atoms with van der Waals surface area (Å²) in [6, 6.07) is 2.24. The minimum atomic E-state index is -0.0450. The van der Waals surface area contributed by atoms with Gasteiger partial charge in [-0.3, -0.25) is 14.6 Å². The molecule has 3 rings (SSSR count). The molecule has 2 aliphatic rings. The predicted molar refractivity (Wildman–Crippen MR) is 114 cm³/mol. The van der Waals surface area contributed by atoms with Crippen molar-refractivity contribution in [2.75, 3.05) is 18.9 Å². The Morgan fingerprint density at radius 2 is 1.93 bits per heavy atom. The van der Waals surface area contributed by atoms with Crippen LogP contribution in [0, 0.1) is 0 Å². The van der Waals surface area contributed by atoms with Gasteiger partial charge in [0.1, 0.15) is 5.82 Å². The first kappa shape index (κ1) is 20.6. The molecule has 1 saturated heterocycles. The van der Waals surface area contributed by atoms with Crippen LogP contribution in [0.25, 0.3) is 0 Å². The highest BCUT2D eigenvalue weighted by Gasteiger charge is 2.24. The molecule has 1 unspecified atom stereocenters. The third kappa shape index (κ3) is 5.03. The zero-order chi connectivity index (χ0) is 19.9. The number of hydrogen-bond acceptors (Lipinski definition) is 4. The summed E-state index contributed by atoms with van der Waals surface area (Å²) >= 11 is 0. The van der Waals surface area contributed by atoms with E-state index in [2.05, 4.69) is 22.2 Å². The Bertz CT molecular complexity index is 749. The van der Waals surface area contributed by atoms with E-state index in [1.165, 1.54) is 25.7 Å². The van der Waals surface area contributed by atoms with Crippen molar-refractivity contribution in [1.82, 2.24) is 9.88 Å². The van der Waals surface area contributed by atoms with Crippen molar-refractivity contribution in [2.24, 2.45) is 4.99 Å². The van der Waals surface area contributed by atoms with Gasteiger partial charge in [0.05, 0.1) is 5.56 Å². The normalized spacial score (nSPS) is 21.6. The number of hydrogen-bond donors (Lipinski definition) is 2. The summed E-state index contributed by atoms with van der Waals surface area (Å²) < 4.78 is 0. The van der Waals surface area contributed by atoms with E-state index in [9.17, 15) is 9.59 Å². The molecule has 2 fully saturated rings. The first-order valence-electron chi connectivity index (χ1n) is 10.8. The lowest BCUT2D eigenvalue weighted by Gasteiger charge is -2.33. The Morgan fingerprint density at radius 3 is 2.64 bits per heavy atom. The van der Waals surface area contributed by atoms with Crippen molar-refractivity contribution in [3.05, 3.63) is 28.0 Å². The van der Waals surface area contributed by atoms with Gasteiger partial charge in [-0.25, -0.2) is 0 Å². The van der Waals surface area contributed by atoms with Crippen molar-refractivity contribution in [3.8, 4) is 0 Å². The van der Waals surface area contributed by atoms with Crippen molar-refractivity contribution >= 4 is 17.4 Å². The van der Waals surface area contributed by atoms with E-state index in [0.29, 0.717) is 36.2 Å². The quantitative estimate of drug-likeness (QED) is 0.732. The molecule has 6 nitrogen and oxygen atoms in total. The molecule has 0 bridgehead atoms. The number of aromatic nitrogens is 1. The van der Waals surface area contributed by atoms with E-state index in [1.54, 1.807) is 19.3 Å². The molecule has 1 aromatic rings. The van der Waals surface area contributed by atoms with E-state index in [4.69, 9.17) is 0 Å². The lowest BCUT2D eigenvalue weighted by atomic mass is 9.95. The molecule has 0 radical (unpaired) electrons. The van der Waals surface area contributed by atoms with Crippen LogP contribution in [0.4, 0.5) is 5.82 Å². The van der Waals surface area contributed by atoms with Gasteiger partial charge in [0, 0.05) is 50.1 Å². The fraction of sp³-hybridized carbons (Fsp3) is 0.682. The molecular formula is C22H34N4O2. The van der Waals surface area contributed by atoms with Crippen LogP contribution in [0.1, 0.15) is 76.7 Å². The molecule has 1 aromatic heterocycles. The van der Waals surface area contributed by atoms with Crippen LogP contribution in [0.2, 0.25) is 0 Å². The second-order valence-electron chi connectivity index (χ2n) is 8.17. The van der Waals surface area contributed by atoms with Gasteiger partial charge in [-0.05, 0) is 45.4 Å². The second kappa shape index (κ2) is 9.89. The molecule has 28 heavy (non-hydrogen) atoms. The van der Waals surface area contributed by atoms with E-state index in [0.717, 1.165) is 38.0 Å². The first-order valence-corrected chi connectivity index (χ1v) is 10.8. The van der Waals surface area contributed by atoms with Crippen LogP contribution < -0.4 is 10.7 Å². The summed E-state index contributed by atoms with van der Waals surface area (Å²) in [5, 5.41) is 3.53. The van der Waals surface area contributed by atoms with E-state index >= 15 is 0 Å². The molecule has 1 amide bonds. The maximum absolute atomic E-state index is 12.7. The Labute approximate surface area is 167 Å². The van der Waals surface area contributed by atoms with Gasteiger partial charge in [0.15, 0.2) is 5.43 Å². The average molecular weight is 387 g/mol. The van der Waals surface area contributed by atoms with Crippen molar-refractivity contribution in [2.45, 2.75) is 83.2 Å². The number of likely N-dealkylation sites (tertiary alicyclic amines) is 1. The van der Waals surface area contributed by atoms with Gasteiger partial charge >= 0.3 is 0 Å². The highest BCUT2D eigenvalue weighted by molar-refractivity contribution is 6.05. The zero-order valence-electron chi connectivity index (χ0n) is 17.3. The van der Waals surface area contributed by atoms with Crippen LogP contribution in [0.5, 0.6) is 0 Å². The van der Waals surface area contributed by atoms with Crippen LogP contribution in [-0.2, 0) is 4.79 Å². The van der Waals surface area contributed by atoms with Gasteiger partial charge in [-0.15, -0.1) is 0 Å². The zero-order valence-corrected chi connectivity index (χ0v) is 17.3. The van der Waals surface area contributed by atoms with Gasteiger partial charge in [0.2, 0.25) is 5.91 Å². The molecule has 2 heterocycles. The molecule has 1 aliphatic carbocycles. The summed E-state index contributed by atoms with van der Waals surface area (Å²) in [7, 11) is 1.71. The molecule has 6 heteroatoms. The summed E-state index contributed by atoms with van der Waals surface area (Å²) in [6.45, 7) is 2.97. The fourth-order valence-electron chi connectivity index (χ4n) is 4.52. The molecular weight excluding hydrogens is 352 g/mol. The Balaban J connectivity index is 1.71. The minimum Gasteiger partial charge on any atom is -0.368 e. The molecule has 2 N–H and O–H groups in total. The number of nitrogens with zero attached hydrogens (tertiary/aromatic N) is 2. The number of rotatable bonds is 6. The van der Waals surface area contributed by atoms with Gasteiger partial charge in [0.25, 0.3) is 0 Å².